The van der Waals surface area contributed by atoms with Gasteiger partial charge in [-0.3, -0.25) is 24.0 Å². The minimum atomic E-state index is -4.27. The predicted octanol–water partition coefficient (Wildman–Crippen LogP) is 1.77. The summed E-state index contributed by atoms with van der Waals surface area (Å²) in [5.74, 6) is -0.389. The first-order valence-electron chi connectivity index (χ1n) is 9.10. The molecule has 2 rings (SSSR count). The molecule has 30 heavy (non-hydrogen) atoms. The Kier molecular flexibility index (Phi) is 6.72. The summed E-state index contributed by atoms with van der Waals surface area (Å²) in [6.45, 7) is 4.87. The Labute approximate surface area is 174 Å². The van der Waals surface area contributed by atoms with Crippen LogP contribution in [-0.2, 0) is 23.8 Å². The van der Waals surface area contributed by atoms with Crippen molar-refractivity contribution in [1.29, 1.82) is 0 Å². The SMILES string of the molecule is CN(C)C(=O)[C@H]1C[C@@H](OS(=O)(=O)c2ccc([N+](=O)[O-])cc2)CN1C(=O)OC(C)(C)C. The number of rotatable bonds is 5. The van der Waals surface area contributed by atoms with Crippen molar-refractivity contribution >= 4 is 27.8 Å². The highest BCUT2D eigenvalue weighted by Crippen LogP contribution is 2.27. The molecule has 2 atom stereocenters. The molecule has 1 aliphatic rings. The Bertz CT molecular complexity index is 922. The normalized spacial score (nSPS) is 19.4. The number of nitrogens with zero attached hydrogens (tertiary/aromatic N) is 3. The van der Waals surface area contributed by atoms with Crippen molar-refractivity contribution in [1.82, 2.24) is 9.80 Å². The molecule has 0 radical (unpaired) electrons. The van der Waals surface area contributed by atoms with E-state index in [1.54, 1.807) is 20.8 Å². The molecule has 166 valence electrons. The number of nitro groups is 1. The van der Waals surface area contributed by atoms with Gasteiger partial charge in [-0.1, -0.05) is 0 Å². The van der Waals surface area contributed by atoms with Crippen molar-refractivity contribution in [2.75, 3.05) is 20.6 Å². The predicted molar refractivity (Wildman–Crippen MR) is 105 cm³/mol. The number of likely N-dealkylation sites (tertiary alicyclic amines) is 1. The molecule has 1 aliphatic heterocycles. The van der Waals surface area contributed by atoms with Gasteiger partial charge in [0.05, 0.1) is 22.5 Å². The number of amides is 2. The highest BCUT2D eigenvalue weighted by atomic mass is 32.2. The second-order valence-electron chi connectivity index (χ2n) is 8.04. The van der Waals surface area contributed by atoms with Crippen LogP contribution in [0.3, 0.4) is 0 Å². The summed E-state index contributed by atoms with van der Waals surface area (Å²) < 4.78 is 35.7. The minimum Gasteiger partial charge on any atom is -0.444 e. The van der Waals surface area contributed by atoms with Crippen LogP contribution in [0.1, 0.15) is 27.2 Å². The summed E-state index contributed by atoms with van der Waals surface area (Å²) in [7, 11) is -1.22. The zero-order chi connectivity index (χ0) is 22.9. The molecule has 2 amide bonds. The lowest BCUT2D eigenvalue weighted by Gasteiger charge is -2.29. The summed E-state index contributed by atoms with van der Waals surface area (Å²) in [6.07, 6.45) is -1.77. The molecule has 0 unspecified atom stereocenters. The average Bonchev–Trinajstić information content (AvgIpc) is 3.02. The number of non-ortho nitro benzene ring substituents is 1. The second kappa shape index (κ2) is 8.56. The third kappa shape index (κ3) is 5.66. The van der Waals surface area contributed by atoms with Crippen LogP contribution in [-0.4, -0.2) is 73.5 Å². The van der Waals surface area contributed by atoms with Crippen molar-refractivity contribution in [2.24, 2.45) is 0 Å². The van der Waals surface area contributed by atoms with E-state index in [0.29, 0.717) is 0 Å². The highest BCUT2D eigenvalue weighted by Gasteiger charge is 2.44. The first-order chi connectivity index (χ1) is 13.7. The average molecular weight is 443 g/mol. The van der Waals surface area contributed by atoms with Crippen LogP contribution >= 0.6 is 0 Å². The Morgan fingerprint density at radius 3 is 2.23 bits per heavy atom. The number of ether oxygens (including phenoxy) is 1. The van der Waals surface area contributed by atoms with E-state index in [2.05, 4.69) is 0 Å². The van der Waals surface area contributed by atoms with Crippen molar-refractivity contribution in [2.45, 2.75) is 49.8 Å². The van der Waals surface area contributed by atoms with Gasteiger partial charge in [-0.25, -0.2) is 4.79 Å². The second-order valence-corrected chi connectivity index (χ2v) is 9.61. The number of carbonyl (C=O) groups is 2. The molecule has 11 nitrogen and oxygen atoms in total. The van der Waals surface area contributed by atoms with Crippen LogP contribution < -0.4 is 0 Å². The van der Waals surface area contributed by atoms with Crippen LogP contribution in [0.5, 0.6) is 0 Å². The third-order valence-electron chi connectivity index (χ3n) is 4.22. The Balaban J connectivity index is 2.22. The topological polar surface area (TPSA) is 136 Å². The molecular weight excluding hydrogens is 418 g/mol. The maximum atomic E-state index is 12.6. The lowest BCUT2D eigenvalue weighted by molar-refractivity contribution is -0.384. The molecule has 1 heterocycles. The zero-order valence-electron chi connectivity index (χ0n) is 17.4. The van der Waals surface area contributed by atoms with E-state index in [1.165, 1.54) is 19.0 Å². The van der Waals surface area contributed by atoms with E-state index >= 15 is 0 Å². The number of likely N-dealkylation sites (N-methyl/N-ethyl adjacent to an activating group) is 1. The fourth-order valence-electron chi connectivity index (χ4n) is 2.89. The van der Waals surface area contributed by atoms with Crippen LogP contribution in [0.2, 0.25) is 0 Å². The van der Waals surface area contributed by atoms with E-state index in [9.17, 15) is 28.1 Å². The quantitative estimate of drug-likeness (QED) is 0.381. The summed E-state index contributed by atoms with van der Waals surface area (Å²) in [5.41, 5.74) is -1.06. The Hall–Kier alpha value is -2.73. The highest BCUT2D eigenvalue weighted by molar-refractivity contribution is 7.86. The minimum absolute atomic E-state index is 0.0392. The number of hydrogen-bond donors (Lipinski definition) is 0. The van der Waals surface area contributed by atoms with Gasteiger partial charge in [0, 0.05) is 32.6 Å². The van der Waals surface area contributed by atoms with Crippen molar-refractivity contribution in [3.05, 3.63) is 34.4 Å². The van der Waals surface area contributed by atoms with Gasteiger partial charge >= 0.3 is 6.09 Å². The molecule has 0 N–H and O–H groups in total. The first kappa shape index (κ1) is 23.5. The fraction of sp³-hybridized carbons (Fsp3) is 0.556. The van der Waals surface area contributed by atoms with Crippen molar-refractivity contribution < 1.29 is 31.9 Å². The van der Waals surface area contributed by atoms with E-state index in [4.69, 9.17) is 8.92 Å². The lowest BCUT2D eigenvalue weighted by atomic mass is 10.2. The third-order valence-corrected chi connectivity index (χ3v) is 5.59. The van der Waals surface area contributed by atoms with Gasteiger partial charge < -0.3 is 9.64 Å². The van der Waals surface area contributed by atoms with Crippen LogP contribution in [0.25, 0.3) is 0 Å². The van der Waals surface area contributed by atoms with Gasteiger partial charge in [0.15, 0.2) is 0 Å². The summed E-state index contributed by atoms with van der Waals surface area (Å²) in [4.78, 5) is 37.3. The van der Waals surface area contributed by atoms with Gasteiger partial charge in [0.2, 0.25) is 5.91 Å². The van der Waals surface area contributed by atoms with Crippen LogP contribution in [0.15, 0.2) is 29.2 Å². The van der Waals surface area contributed by atoms with E-state index in [1.807, 2.05) is 0 Å². The number of benzene rings is 1. The van der Waals surface area contributed by atoms with Gasteiger partial charge in [-0.05, 0) is 32.9 Å². The largest absolute Gasteiger partial charge is 0.444 e. The van der Waals surface area contributed by atoms with Gasteiger partial charge in [0.25, 0.3) is 15.8 Å². The first-order valence-corrected chi connectivity index (χ1v) is 10.5. The maximum Gasteiger partial charge on any atom is 0.411 e. The number of nitro benzene ring substituents is 1. The zero-order valence-corrected chi connectivity index (χ0v) is 18.2. The monoisotopic (exact) mass is 443 g/mol. The summed E-state index contributed by atoms with van der Waals surface area (Å²) in [6, 6.07) is 3.30. The molecule has 1 aromatic carbocycles. The van der Waals surface area contributed by atoms with E-state index in [0.717, 1.165) is 29.2 Å². The Morgan fingerprint density at radius 2 is 1.77 bits per heavy atom. The van der Waals surface area contributed by atoms with Crippen molar-refractivity contribution in [3.8, 4) is 0 Å². The Morgan fingerprint density at radius 1 is 1.20 bits per heavy atom. The molecule has 0 aliphatic carbocycles. The summed E-state index contributed by atoms with van der Waals surface area (Å²) in [5, 5.41) is 10.7. The van der Waals surface area contributed by atoms with Crippen LogP contribution in [0, 0.1) is 10.1 Å². The van der Waals surface area contributed by atoms with Crippen LogP contribution in [0.4, 0.5) is 10.5 Å². The molecular formula is C18H25N3O8S. The molecule has 0 aromatic heterocycles. The maximum absolute atomic E-state index is 12.6. The van der Waals surface area contributed by atoms with Crippen molar-refractivity contribution in [3.63, 3.8) is 0 Å². The van der Waals surface area contributed by atoms with E-state index < -0.39 is 38.9 Å². The molecule has 0 spiro atoms. The number of carbonyl (C=O) groups excluding carboxylic acids is 2. The number of hydrogen-bond acceptors (Lipinski definition) is 8. The molecule has 0 bridgehead atoms. The molecule has 1 fully saturated rings. The molecule has 12 heteroatoms. The van der Waals surface area contributed by atoms with E-state index in [-0.39, 0.29) is 29.5 Å². The van der Waals surface area contributed by atoms with Gasteiger partial charge in [0.1, 0.15) is 11.6 Å². The molecule has 1 aromatic rings. The van der Waals surface area contributed by atoms with Gasteiger partial charge in [-0.2, -0.15) is 8.42 Å². The molecule has 1 saturated heterocycles. The summed E-state index contributed by atoms with van der Waals surface area (Å²) >= 11 is 0. The van der Waals surface area contributed by atoms with Gasteiger partial charge in [-0.15, -0.1) is 0 Å². The smallest absolute Gasteiger partial charge is 0.411 e. The fourth-order valence-corrected chi connectivity index (χ4v) is 3.97. The lowest BCUT2D eigenvalue weighted by Crippen LogP contribution is -2.47. The molecule has 0 saturated carbocycles. The standard InChI is InChI=1S/C18H25N3O8S/c1-18(2,3)28-17(23)20-11-13(10-15(20)16(22)19(4)5)29-30(26,27)14-8-6-12(7-9-14)21(24)25/h6-9,13,15H,10-11H2,1-5H3/t13-,15-/m1/s1.